The molecule has 1 heterocycles. The van der Waals surface area contributed by atoms with Crippen molar-refractivity contribution in [3.05, 3.63) is 24.0 Å². The molecule has 1 aromatic heterocycles. The maximum atomic E-state index is 11.5. The Kier molecular flexibility index (Phi) is 4.65. The summed E-state index contributed by atoms with van der Waals surface area (Å²) in [7, 11) is -3.73. The number of hydrogen-bond acceptors (Lipinski definition) is 5. The molecule has 0 fully saturated rings. The molecule has 0 saturated carbocycles. The van der Waals surface area contributed by atoms with E-state index in [9.17, 15) is 13.2 Å². The number of sulfonamides is 1. The van der Waals surface area contributed by atoms with Crippen LogP contribution in [0.25, 0.3) is 0 Å². The van der Waals surface area contributed by atoms with Crippen molar-refractivity contribution in [1.82, 2.24) is 4.98 Å². The molecule has 0 aliphatic rings. The van der Waals surface area contributed by atoms with Crippen molar-refractivity contribution in [2.24, 2.45) is 5.14 Å². The number of nitrogens with zero attached hydrogens (tertiary/aromatic N) is 1. The van der Waals surface area contributed by atoms with E-state index in [4.69, 9.17) is 9.88 Å². The number of pyridine rings is 1. The highest BCUT2D eigenvalue weighted by Gasteiger charge is 2.16. The van der Waals surface area contributed by atoms with Crippen LogP contribution in [0.1, 0.15) is 32.9 Å². The van der Waals surface area contributed by atoms with Crippen LogP contribution >= 0.6 is 0 Å². The zero-order chi connectivity index (χ0) is 14.7. The van der Waals surface area contributed by atoms with Gasteiger partial charge in [0, 0.05) is 18.3 Å². The van der Waals surface area contributed by atoms with E-state index in [-0.39, 0.29) is 17.3 Å². The van der Waals surface area contributed by atoms with Crippen molar-refractivity contribution < 1.29 is 17.9 Å². The number of rotatable bonds is 4. The van der Waals surface area contributed by atoms with Crippen LogP contribution in [0.5, 0.6) is 0 Å². The zero-order valence-electron chi connectivity index (χ0n) is 11.2. The summed E-state index contributed by atoms with van der Waals surface area (Å²) in [5.74, 6) is -0.315. The van der Waals surface area contributed by atoms with Gasteiger partial charge in [-0.1, -0.05) is 0 Å². The topological polar surface area (TPSA) is 99.4 Å². The fraction of sp³-hybridized carbons (Fsp3) is 0.500. The second-order valence-electron chi connectivity index (χ2n) is 5.12. The molecule has 0 aromatic carbocycles. The number of esters is 1. The first-order chi connectivity index (χ1) is 8.58. The van der Waals surface area contributed by atoms with Crippen LogP contribution in [0.15, 0.2) is 23.2 Å². The van der Waals surface area contributed by atoms with Gasteiger partial charge in [0.25, 0.3) is 0 Å². The molecule has 1 rings (SSSR count). The number of carbonyl (C=O) groups is 1. The summed E-state index contributed by atoms with van der Waals surface area (Å²) in [4.78, 5) is 15.4. The normalized spacial score (nSPS) is 12.2. The third-order valence-corrected chi connectivity index (χ3v) is 3.03. The molecule has 0 radical (unpaired) electrons. The van der Waals surface area contributed by atoms with Crippen molar-refractivity contribution in [1.29, 1.82) is 0 Å². The lowest BCUT2D eigenvalue weighted by atomic mass is 10.2. The Bertz CT molecular complexity index is 544. The Morgan fingerprint density at radius 3 is 2.42 bits per heavy atom. The first-order valence-corrected chi connectivity index (χ1v) is 7.32. The number of hydrogen-bond donors (Lipinski definition) is 1. The maximum Gasteiger partial charge on any atom is 0.306 e. The third kappa shape index (κ3) is 5.80. The van der Waals surface area contributed by atoms with Gasteiger partial charge in [-0.2, -0.15) is 0 Å². The highest BCUT2D eigenvalue weighted by Crippen LogP contribution is 2.11. The number of ether oxygens (including phenoxy) is 1. The first-order valence-electron chi connectivity index (χ1n) is 5.77. The minimum absolute atomic E-state index is 0.0477. The second kappa shape index (κ2) is 5.66. The van der Waals surface area contributed by atoms with Gasteiger partial charge in [0.05, 0.1) is 6.42 Å². The van der Waals surface area contributed by atoms with Gasteiger partial charge in [-0.05, 0) is 32.9 Å². The summed E-state index contributed by atoms with van der Waals surface area (Å²) in [6.07, 6.45) is 1.76. The minimum Gasteiger partial charge on any atom is -0.460 e. The van der Waals surface area contributed by atoms with E-state index in [0.29, 0.717) is 12.1 Å². The Labute approximate surface area is 113 Å². The zero-order valence-corrected chi connectivity index (χ0v) is 12.0. The van der Waals surface area contributed by atoms with Crippen molar-refractivity contribution in [2.45, 2.75) is 44.1 Å². The summed E-state index contributed by atoms with van der Waals surface area (Å²) < 4.78 is 27.2. The minimum atomic E-state index is -3.73. The molecular weight excluding hydrogens is 268 g/mol. The van der Waals surface area contributed by atoms with Crippen molar-refractivity contribution >= 4 is 16.0 Å². The van der Waals surface area contributed by atoms with Gasteiger partial charge in [0.1, 0.15) is 10.5 Å². The molecule has 0 aliphatic heterocycles. The average Bonchev–Trinajstić information content (AvgIpc) is 2.23. The molecule has 19 heavy (non-hydrogen) atoms. The number of carbonyl (C=O) groups excluding carboxylic acids is 1. The number of aromatic nitrogens is 1. The molecule has 2 N–H and O–H groups in total. The lowest BCUT2D eigenvalue weighted by Gasteiger charge is -2.19. The summed E-state index contributed by atoms with van der Waals surface area (Å²) in [6.45, 7) is 5.39. The lowest BCUT2D eigenvalue weighted by Crippen LogP contribution is -2.24. The largest absolute Gasteiger partial charge is 0.460 e. The van der Waals surface area contributed by atoms with Crippen LogP contribution in [0, 0.1) is 0 Å². The van der Waals surface area contributed by atoms with Crippen molar-refractivity contribution in [3.63, 3.8) is 0 Å². The quantitative estimate of drug-likeness (QED) is 0.832. The van der Waals surface area contributed by atoms with Crippen LogP contribution in [-0.4, -0.2) is 25.0 Å². The maximum absolute atomic E-state index is 11.5. The van der Waals surface area contributed by atoms with Crippen LogP contribution in [0.4, 0.5) is 0 Å². The molecule has 0 atom stereocenters. The molecule has 7 heteroatoms. The van der Waals surface area contributed by atoms with Crippen LogP contribution in [0.3, 0.4) is 0 Å². The number of nitrogens with two attached hydrogens (primary N) is 1. The first kappa shape index (κ1) is 15.6. The fourth-order valence-corrected chi connectivity index (χ4v) is 1.81. The van der Waals surface area contributed by atoms with Gasteiger partial charge in [-0.15, -0.1) is 0 Å². The van der Waals surface area contributed by atoms with Gasteiger partial charge in [0.2, 0.25) is 10.0 Å². The number of primary sulfonamides is 1. The monoisotopic (exact) mass is 286 g/mol. The summed E-state index contributed by atoms with van der Waals surface area (Å²) in [5, 5.41) is 4.96. The molecule has 6 nitrogen and oxygen atoms in total. The van der Waals surface area contributed by atoms with E-state index in [2.05, 4.69) is 4.98 Å². The van der Waals surface area contributed by atoms with Crippen molar-refractivity contribution in [3.8, 4) is 0 Å². The predicted octanol–water partition coefficient (Wildman–Crippen LogP) is 1.00. The SMILES string of the molecule is CC(C)(C)OC(=O)CCc1ccc(S(N)(=O)=O)cn1. The lowest BCUT2D eigenvalue weighted by molar-refractivity contribution is -0.154. The van der Waals surface area contributed by atoms with E-state index in [1.807, 2.05) is 0 Å². The van der Waals surface area contributed by atoms with E-state index in [1.54, 1.807) is 20.8 Å². The molecule has 1 aromatic rings. The summed E-state index contributed by atoms with van der Waals surface area (Å²) in [5.41, 5.74) is 0.0976. The van der Waals surface area contributed by atoms with Gasteiger partial charge >= 0.3 is 5.97 Å². The third-order valence-electron chi connectivity index (χ3n) is 2.13. The molecule has 0 amide bonds. The van der Waals surface area contributed by atoms with Gasteiger partial charge in [-0.3, -0.25) is 9.78 Å². The fourth-order valence-electron chi connectivity index (χ4n) is 1.35. The van der Waals surface area contributed by atoms with Crippen LogP contribution in [0.2, 0.25) is 0 Å². The molecule has 0 bridgehead atoms. The highest BCUT2D eigenvalue weighted by atomic mass is 32.2. The van der Waals surface area contributed by atoms with Crippen molar-refractivity contribution in [2.75, 3.05) is 0 Å². The molecule has 106 valence electrons. The molecule has 0 saturated heterocycles. The standard InChI is InChI=1S/C12H18N2O4S/c1-12(2,3)18-11(15)7-5-9-4-6-10(8-14-9)19(13,16)17/h4,6,8H,5,7H2,1-3H3,(H2,13,16,17). The van der Waals surface area contributed by atoms with Crippen LogP contribution < -0.4 is 5.14 Å². The Balaban J connectivity index is 2.58. The van der Waals surface area contributed by atoms with E-state index >= 15 is 0 Å². The molecule has 0 unspecified atom stereocenters. The molecule has 0 aliphatic carbocycles. The summed E-state index contributed by atoms with van der Waals surface area (Å²) in [6, 6.07) is 2.90. The predicted molar refractivity (Wildman–Crippen MR) is 69.8 cm³/mol. The second-order valence-corrected chi connectivity index (χ2v) is 6.68. The smallest absolute Gasteiger partial charge is 0.306 e. The van der Waals surface area contributed by atoms with Crippen LogP contribution in [-0.2, 0) is 26.0 Å². The molecule has 0 spiro atoms. The summed E-state index contributed by atoms with van der Waals surface area (Å²) >= 11 is 0. The van der Waals surface area contributed by atoms with Gasteiger partial charge in [-0.25, -0.2) is 13.6 Å². The van der Waals surface area contributed by atoms with E-state index < -0.39 is 15.6 Å². The highest BCUT2D eigenvalue weighted by molar-refractivity contribution is 7.89. The number of aryl methyl sites for hydroxylation is 1. The van der Waals surface area contributed by atoms with Gasteiger partial charge in [0.15, 0.2) is 0 Å². The van der Waals surface area contributed by atoms with E-state index in [0.717, 1.165) is 0 Å². The van der Waals surface area contributed by atoms with E-state index in [1.165, 1.54) is 18.3 Å². The van der Waals surface area contributed by atoms with Gasteiger partial charge < -0.3 is 4.74 Å². The average molecular weight is 286 g/mol. The molecular formula is C12H18N2O4S. The Morgan fingerprint density at radius 2 is 2.00 bits per heavy atom. The Morgan fingerprint density at radius 1 is 1.37 bits per heavy atom. The Hall–Kier alpha value is -1.47.